The maximum Gasteiger partial charge on any atom is 0.228 e. The van der Waals surface area contributed by atoms with Gasteiger partial charge in [0.15, 0.2) is 0 Å². The molecule has 1 aromatic carbocycles. The van der Waals surface area contributed by atoms with Crippen LogP contribution in [0.4, 0.5) is 0 Å². The van der Waals surface area contributed by atoms with Gasteiger partial charge in [-0.2, -0.15) is 0 Å². The Morgan fingerprint density at radius 1 is 1.30 bits per heavy atom. The molecule has 1 heterocycles. The molecule has 0 radical (unpaired) electrons. The Kier molecular flexibility index (Phi) is 6.96. The molecule has 1 amide bonds. The van der Waals surface area contributed by atoms with Gasteiger partial charge in [-0.15, -0.1) is 6.58 Å². The Bertz CT molecular complexity index is 886. The number of aromatic nitrogens is 2. The maximum absolute atomic E-state index is 13.0. The average Bonchev–Trinajstić information content (AvgIpc) is 2.97. The van der Waals surface area contributed by atoms with Gasteiger partial charge in [-0.05, 0) is 11.5 Å². The molecule has 0 saturated carbocycles. The second-order valence-corrected chi connectivity index (χ2v) is 8.85. The zero-order chi connectivity index (χ0) is 20.0. The van der Waals surface area contributed by atoms with Crippen molar-refractivity contribution in [2.24, 2.45) is 5.92 Å². The minimum absolute atomic E-state index is 0.0529. The van der Waals surface area contributed by atoms with Crippen LogP contribution in [0.2, 0.25) is 0 Å². The van der Waals surface area contributed by atoms with Gasteiger partial charge >= 0.3 is 0 Å². The SMILES string of the molecule is C=CCN(Cc1cnc(S(=O)(=O)Cc2ccccc2)n1CC(C)C)C(C)=O. The summed E-state index contributed by atoms with van der Waals surface area (Å²) in [6.45, 7) is 10.4. The molecule has 0 bridgehead atoms. The molecule has 1 aromatic heterocycles. The van der Waals surface area contributed by atoms with Crippen molar-refractivity contribution in [3.8, 4) is 0 Å². The molecule has 6 nitrogen and oxygen atoms in total. The maximum atomic E-state index is 13.0. The van der Waals surface area contributed by atoms with Crippen molar-refractivity contribution in [1.82, 2.24) is 14.5 Å². The highest BCUT2D eigenvalue weighted by Gasteiger charge is 2.25. The molecule has 0 saturated heterocycles. The van der Waals surface area contributed by atoms with Crippen molar-refractivity contribution in [3.63, 3.8) is 0 Å². The zero-order valence-corrected chi connectivity index (χ0v) is 16.9. The first-order valence-electron chi connectivity index (χ1n) is 8.92. The second kappa shape index (κ2) is 8.99. The summed E-state index contributed by atoms with van der Waals surface area (Å²) in [6, 6.07) is 9.06. The quantitative estimate of drug-likeness (QED) is 0.618. The minimum atomic E-state index is -3.61. The molecule has 2 aromatic rings. The van der Waals surface area contributed by atoms with E-state index in [1.807, 2.05) is 32.0 Å². The predicted molar refractivity (Wildman–Crippen MR) is 106 cm³/mol. The number of hydrogen-bond donors (Lipinski definition) is 0. The molecule has 0 aliphatic carbocycles. The fraction of sp³-hybridized carbons (Fsp3) is 0.400. The first kappa shape index (κ1) is 20.9. The number of sulfone groups is 1. The van der Waals surface area contributed by atoms with Gasteiger partial charge in [-0.3, -0.25) is 4.79 Å². The second-order valence-electron chi connectivity index (χ2n) is 6.97. The summed E-state index contributed by atoms with van der Waals surface area (Å²) in [7, 11) is -3.61. The average molecular weight is 390 g/mol. The monoisotopic (exact) mass is 389 g/mol. The van der Waals surface area contributed by atoms with Gasteiger partial charge in [0.1, 0.15) is 0 Å². The summed E-state index contributed by atoms with van der Waals surface area (Å²) in [4.78, 5) is 17.7. The molecule has 0 fully saturated rings. The molecule has 2 rings (SSSR count). The van der Waals surface area contributed by atoms with Gasteiger partial charge in [0.05, 0.1) is 24.2 Å². The van der Waals surface area contributed by atoms with Crippen LogP contribution in [-0.4, -0.2) is 35.3 Å². The Hall–Kier alpha value is -2.41. The van der Waals surface area contributed by atoms with Crippen LogP contribution in [0.25, 0.3) is 0 Å². The molecule has 7 heteroatoms. The predicted octanol–water partition coefficient (Wildman–Crippen LogP) is 3.05. The normalized spacial score (nSPS) is 11.6. The minimum Gasteiger partial charge on any atom is -0.333 e. The number of hydrogen-bond acceptors (Lipinski definition) is 4. The van der Waals surface area contributed by atoms with Crippen LogP contribution >= 0.6 is 0 Å². The van der Waals surface area contributed by atoms with E-state index < -0.39 is 9.84 Å². The first-order valence-corrected chi connectivity index (χ1v) is 10.6. The third-order valence-electron chi connectivity index (χ3n) is 4.07. The fourth-order valence-corrected chi connectivity index (χ4v) is 4.34. The van der Waals surface area contributed by atoms with Gasteiger partial charge in [0.2, 0.25) is 20.9 Å². The lowest BCUT2D eigenvalue weighted by Gasteiger charge is -2.21. The van der Waals surface area contributed by atoms with Crippen molar-refractivity contribution in [2.75, 3.05) is 6.54 Å². The number of rotatable bonds is 9. The van der Waals surface area contributed by atoms with Gasteiger partial charge in [0.25, 0.3) is 0 Å². The molecule has 0 spiro atoms. The Morgan fingerprint density at radius 2 is 1.96 bits per heavy atom. The summed E-state index contributed by atoms with van der Waals surface area (Å²) >= 11 is 0. The lowest BCUT2D eigenvalue weighted by Crippen LogP contribution is -2.30. The summed E-state index contributed by atoms with van der Waals surface area (Å²) in [5.41, 5.74) is 1.42. The van der Waals surface area contributed by atoms with Crippen molar-refractivity contribution in [2.45, 2.75) is 44.8 Å². The molecular weight excluding hydrogens is 362 g/mol. The van der Waals surface area contributed by atoms with Gasteiger partial charge in [-0.25, -0.2) is 13.4 Å². The van der Waals surface area contributed by atoms with E-state index in [1.165, 1.54) is 6.92 Å². The van der Waals surface area contributed by atoms with Crippen molar-refractivity contribution in [1.29, 1.82) is 0 Å². The van der Waals surface area contributed by atoms with Gasteiger partial charge < -0.3 is 9.47 Å². The smallest absolute Gasteiger partial charge is 0.228 e. The number of amides is 1. The van der Waals surface area contributed by atoms with Crippen LogP contribution in [-0.2, 0) is 33.5 Å². The standard InChI is InChI=1S/C20H27N3O3S/c1-5-11-22(17(4)24)14-19-12-21-20(23(19)13-16(2)3)27(25,26)15-18-9-7-6-8-10-18/h5-10,12,16H,1,11,13-15H2,2-4H3. The van der Waals surface area contributed by atoms with E-state index in [-0.39, 0.29) is 22.7 Å². The third kappa shape index (κ3) is 5.53. The number of imidazole rings is 1. The number of benzene rings is 1. The highest BCUT2D eigenvalue weighted by molar-refractivity contribution is 7.90. The van der Waals surface area contributed by atoms with Crippen molar-refractivity contribution >= 4 is 15.7 Å². The summed E-state index contributed by atoms with van der Waals surface area (Å²) in [5, 5.41) is 0.0529. The first-order chi connectivity index (χ1) is 12.7. The molecule has 27 heavy (non-hydrogen) atoms. The van der Waals surface area contributed by atoms with Crippen molar-refractivity contribution < 1.29 is 13.2 Å². The molecule has 0 aliphatic rings. The number of carbonyl (C=O) groups excluding carboxylic acids is 1. The van der Waals surface area contributed by atoms with E-state index >= 15 is 0 Å². The summed E-state index contributed by atoms with van der Waals surface area (Å²) < 4.78 is 27.7. The van der Waals surface area contributed by atoms with E-state index in [9.17, 15) is 13.2 Å². The molecule has 0 N–H and O–H groups in total. The van der Waals surface area contributed by atoms with Crippen LogP contribution in [0.15, 0.2) is 54.3 Å². The van der Waals surface area contributed by atoms with E-state index in [2.05, 4.69) is 11.6 Å². The fourth-order valence-electron chi connectivity index (χ4n) is 2.84. The van der Waals surface area contributed by atoms with Crippen LogP contribution in [0.1, 0.15) is 32.0 Å². The topological polar surface area (TPSA) is 72.3 Å². The molecule has 146 valence electrons. The van der Waals surface area contributed by atoms with Crippen LogP contribution in [0, 0.1) is 5.92 Å². The molecular formula is C20H27N3O3S. The molecule has 0 aliphatic heterocycles. The Balaban J connectivity index is 2.40. The highest BCUT2D eigenvalue weighted by atomic mass is 32.2. The Morgan fingerprint density at radius 3 is 2.52 bits per heavy atom. The van der Waals surface area contributed by atoms with Gasteiger partial charge in [-0.1, -0.05) is 50.3 Å². The summed E-state index contributed by atoms with van der Waals surface area (Å²) in [5.74, 6) is 0.0283. The number of carbonyl (C=O) groups is 1. The third-order valence-corrected chi connectivity index (χ3v) is 5.67. The van der Waals surface area contributed by atoms with Gasteiger partial charge in [0, 0.05) is 20.0 Å². The van der Waals surface area contributed by atoms with Crippen LogP contribution in [0.3, 0.4) is 0 Å². The van der Waals surface area contributed by atoms with Crippen LogP contribution < -0.4 is 0 Å². The number of nitrogens with zero attached hydrogens (tertiary/aromatic N) is 3. The van der Waals surface area contributed by atoms with E-state index in [4.69, 9.17) is 0 Å². The van der Waals surface area contributed by atoms with Crippen LogP contribution in [0.5, 0.6) is 0 Å². The Labute approximate surface area is 161 Å². The molecule has 0 atom stereocenters. The highest BCUT2D eigenvalue weighted by Crippen LogP contribution is 2.20. The summed E-state index contributed by atoms with van der Waals surface area (Å²) in [6.07, 6.45) is 3.21. The zero-order valence-electron chi connectivity index (χ0n) is 16.1. The lowest BCUT2D eigenvalue weighted by atomic mass is 10.2. The van der Waals surface area contributed by atoms with E-state index in [0.717, 1.165) is 5.56 Å². The van der Waals surface area contributed by atoms with Crippen molar-refractivity contribution in [3.05, 3.63) is 60.4 Å². The lowest BCUT2D eigenvalue weighted by molar-refractivity contribution is -0.128. The largest absolute Gasteiger partial charge is 0.333 e. The van der Waals surface area contributed by atoms with E-state index in [0.29, 0.717) is 25.3 Å². The molecule has 0 unspecified atom stereocenters. The van der Waals surface area contributed by atoms with E-state index in [1.54, 1.807) is 33.9 Å².